The summed E-state index contributed by atoms with van der Waals surface area (Å²) >= 11 is 6.00. The molecule has 0 unspecified atom stereocenters. The fourth-order valence-electron chi connectivity index (χ4n) is 2.04. The van der Waals surface area contributed by atoms with E-state index in [0.29, 0.717) is 12.0 Å². The summed E-state index contributed by atoms with van der Waals surface area (Å²) in [6.07, 6.45) is 0.145. The number of carboxylic acid groups (broad SMARTS) is 2. The zero-order chi connectivity index (χ0) is 14.8. The highest BCUT2D eigenvalue weighted by Crippen LogP contribution is 2.38. The topological polar surface area (TPSA) is 74.6 Å². The van der Waals surface area contributed by atoms with Gasteiger partial charge in [-0.25, -0.2) is 4.39 Å². The Kier molecular flexibility index (Phi) is 4.52. The summed E-state index contributed by atoms with van der Waals surface area (Å²) in [5.41, 5.74) is -2.33. The molecule has 0 fully saturated rings. The van der Waals surface area contributed by atoms with Crippen molar-refractivity contribution in [1.82, 2.24) is 0 Å². The second-order valence-electron chi connectivity index (χ2n) is 4.12. The van der Waals surface area contributed by atoms with E-state index >= 15 is 0 Å². The summed E-state index contributed by atoms with van der Waals surface area (Å²) in [6.45, 7) is 3.13. The van der Waals surface area contributed by atoms with Crippen molar-refractivity contribution in [2.24, 2.45) is 0 Å². The van der Waals surface area contributed by atoms with Crippen LogP contribution in [0.2, 0.25) is 5.02 Å². The molecule has 0 bridgehead atoms. The summed E-state index contributed by atoms with van der Waals surface area (Å²) in [6, 6.07) is 2.47. The molecule has 0 amide bonds. The number of halogens is 2. The average molecular weight is 289 g/mol. The summed E-state index contributed by atoms with van der Waals surface area (Å²) in [5, 5.41) is 18.4. The Hall–Kier alpha value is -1.62. The van der Waals surface area contributed by atoms with E-state index in [-0.39, 0.29) is 11.4 Å². The van der Waals surface area contributed by atoms with Gasteiger partial charge in [-0.15, -0.1) is 0 Å². The average Bonchev–Trinajstić information content (AvgIpc) is 2.33. The Morgan fingerprint density at radius 3 is 2.16 bits per heavy atom. The van der Waals surface area contributed by atoms with Crippen LogP contribution in [-0.4, -0.2) is 22.2 Å². The maximum absolute atomic E-state index is 14.0. The van der Waals surface area contributed by atoms with Crippen LogP contribution in [0.15, 0.2) is 12.1 Å². The van der Waals surface area contributed by atoms with Gasteiger partial charge < -0.3 is 10.2 Å². The van der Waals surface area contributed by atoms with Gasteiger partial charge in [0.2, 0.25) is 0 Å². The van der Waals surface area contributed by atoms with Gasteiger partial charge in [-0.3, -0.25) is 9.59 Å². The molecule has 6 heteroatoms. The number of carboxylic acids is 2. The van der Waals surface area contributed by atoms with Gasteiger partial charge in [-0.2, -0.15) is 0 Å². The lowest BCUT2D eigenvalue weighted by molar-refractivity contribution is -0.158. The van der Waals surface area contributed by atoms with E-state index in [1.54, 1.807) is 6.92 Å². The van der Waals surface area contributed by atoms with Gasteiger partial charge in [0.15, 0.2) is 5.41 Å². The van der Waals surface area contributed by atoms with E-state index in [0.717, 1.165) is 6.07 Å². The molecule has 0 saturated carbocycles. The SMILES string of the molecule is CCc1ccc(F)c(C(CC)(C(=O)O)C(=O)O)c1Cl. The van der Waals surface area contributed by atoms with Gasteiger partial charge in [0.25, 0.3) is 0 Å². The van der Waals surface area contributed by atoms with Crippen LogP contribution in [0.1, 0.15) is 31.4 Å². The first-order valence-corrected chi connectivity index (χ1v) is 6.14. The predicted molar refractivity (Wildman–Crippen MR) is 68.0 cm³/mol. The summed E-state index contributed by atoms with van der Waals surface area (Å²) in [5.74, 6) is -4.18. The van der Waals surface area contributed by atoms with Crippen molar-refractivity contribution in [3.05, 3.63) is 34.1 Å². The molecule has 0 saturated heterocycles. The Bertz CT molecular complexity index is 514. The highest BCUT2D eigenvalue weighted by Gasteiger charge is 2.50. The molecule has 0 aliphatic heterocycles. The van der Waals surface area contributed by atoms with Crippen LogP contribution in [0.3, 0.4) is 0 Å². The van der Waals surface area contributed by atoms with Crippen LogP contribution in [0.5, 0.6) is 0 Å². The third kappa shape index (κ3) is 2.30. The van der Waals surface area contributed by atoms with Gasteiger partial charge >= 0.3 is 11.9 Å². The second-order valence-corrected chi connectivity index (χ2v) is 4.50. The lowest BCUT2D eigenvalue weighted by Gasteiger charge is -2.26. The van der Waals surface area contributed by atoms with Gasteiger partial charge in [-0.1, -0.05) is 31.5 Å². The van der Waals surface area contributed by atoms with Crippen molar-refractivity contribution in [3.63, 3.8) is 0 Å². The lowest BCUT2D eigenvalue weighted by Crippen LogP contribution is -2.44. The van der Waals surface area contributed by atoms with Crippen molar-refractivity contribution in [1.29, 1.82) is 0 Å². The van der Waals surface area contributed by atoms with E-state index in [2.05, 4.69) is 0 Å². The minimum atomic E-state index is -2.37. The Labute approximate surface area is 114 Å². The van der Waals surface area contributed by atoms with Crippen molar-refractivity contribution < 1.29 is 24.2 Å². The Morgan fingerprint density at radius 2 is 1.79 bits per heavy atom. The Morgan fingerprint density at radius 1 is 1.26 bits per heavy atom. The molecule has 104 valence electrons. The quantitative estimate of drug-likeness (QED) is 0.817. The standard InChI is InChI=1S/C13H14ClFO4/c1-3-7-5-6-8(15)9(10(7)14)13(4-2,11(16)17)12(18)19/h5-6H,3-4H2,1-2H3,(H,16,17)(H,18,19). The number of aryl methyl sites for hydroxylation is 1. The van der Waals surface area contributed by atoms with Crippen LogP contribution in [-0.2, 0) is 21.4 Å². The summed E-state index contributed by atoms with van der Waals surface area (Å²) in [4.78, 5) is 22.8. The first-order valence-electron chi connectivity index (χ1n) is 5.77. The first kappa shape index (κ1) is 15.4. The van der Waals surface area contributed by atoms with Crippen molar-refractivity contribution in [2.45, 2.75) is 32.1 Å². The summed E-state index contributed by atoms with van der Waals surface area (Å²) < 4.78 is 14.0. The number of hydrogen-bond acceptors (Lipinski definition) is 2. The van der Waals surface area contributed by atoms with Crippen LogP contribution in [0, 0.1) is 5.82 Å². The molecule has 0 radical (unpaired) electrons. The monoisotopic (exact) mass is 288 g/mol. The van der Waals surface area contributed by atoms with Crippen molar-refractivity contribution >= 4 is 23.5 Å². The van der Waals surface area contributed by atoms with Crippen LogP contribution in [0.25, 0.3) is 0 Å². The molecule has 0 aliphatic rings. The number of carbonyl (C=O) groups is 2. The fraction of sp³-hybridized carbons (Fsp3) is 0.385. The largest absolute Gasteiger partial charge is 0.480 e. The molecule has 1 aromatic rings. The lowest BCUT2D eigenvalue weighted by atomic mass is 9.77. The van der Waals surface area contributed by atoms with Gasteiger partial charge in [-0.05, 0) is 24.5 Å². The third-order valence-electron chi connectivity index (χ3n) is 3.24. The number of rotatable bonds is 5. The maximum atomic E-state index is 14.0. The van der Waals surface area contributed by atoms with Crippen molar-refractivity contribution in [3.8, 4) is 0 Å². The highest BCUT2D eigenvalue weighted by atomic mass is 35.5. The maximum Gasteiger partial charge on any atom is 0.325 e. The first-order chi connectivity index (χ1) is 8.82. The van der Waals surface area contributed by atoms with E-state index in [4.69, 9.17) is 11.6 Å². The van der Waals surface area contributed by atoms with E-state index < -0.39 is 28.7 Å². The fourth-order valence-corrected chi connectivity index (χ4v) is 2.49. The van der Waals surface area contributed by atoms with Crippen molar-refractivity contribution in [2.75, 3.05) is 0 Å². The smallest absolute Gasteiger partial charge is 0.325 e. The minimum absolute atomic E-state index is 0.130. The van der Waals surface area contributed by atoms with Crippen LogP contribution >= 0.6 is 11.6 Å². The Balaban J connectivity index is 3.74. The molecule has 0 aromatic heterocycles. The minimum Gasteiger partial charge on any atom is -0.480 e. The van der Waals surface area contributed by atoms with Crippen LogP contribution < -0.4 is 0 Å². The number of benzene rings is 1. The van der Waals surface area contributed by atoms with E-state index in [1.807, 2.05) is 0 Å². The van der Waals surface area contributed by atoms with Gasteiger partial charge in [0, 0.05) is 5.56 Å². The third-order valence-corrected chi connectivity index (χ3v) is 3.67. The molecular formula is C13H14ClFO4. The molecule has 0 aliphatic carbocycles. The number of aliphatic carboxylic acids is 2. The molecule has 1 aromatic carbocycles. The number of hydrogen-bond donors (Lipinski definition) is 2. The summed E-state index contributed by atoms with van der Waals surface area (Å²) in [7, 11) is 0. The second kappa shape index (κ2) is 5.57. The molecule has 19 heavy (non-hydrogen) atoms. The molecule has 0 atom stereocenters. The molecule has 0 heterocycles. The van der Waals surface area contributed by atoms with E-state index in [9.17, 15) is 24.2 Å². The highest BCUT2D eigenvalue weighted by molar-refractivity contribution is 6.33. The molecule has 1 rings (SSSR count). The molecule has 2 N–H and O–H groups in total. The normalized spacial score (nSPS) is 11.4. The zero-order valence-electron chi connectivity index (χ0n) is 10.5. The molecule has 4 nitrogen and oxygen atoms in total. The predicted octanol–water partition coefficient (Wildman–Crippen LogP) is 2.86. The zero-order valence-corrected chi connectivity index (χ0v) is 11.3. The van der Waals surface area contributed by atoms with Gasteiger partial charge in [0.1, 0.15) is 5.82 Å². The van der Waals surface area contributed by atoms with Gasteiger partial charge in [0.05, 0.1) is 5.02 Å². The van der Waals surface area contributed by atoms with E-state index in [1.165, 1.54) is 13.0 Å². The van der Waals surface area contributed by atoms with Crippen LogP contribution in [0.4, 0.5) is 4.39 Å². The molecular weight excluding hydrogens is 275 g/mol. The molecule has 0 spiro atoms.